The van der Waals surface area contributed by atoms with Crippen LogP contribution < -0.4 is 0 Å². The van der Waals surface area contributed by atoms with Crippen molar-refractivity contribution in [3.8, 4) is 0 Å². The number of hydrogen-bond donors (Lipinski definition) is 1. The summed E-state index contributed by atoms with van der Waals surface area (Å²) in [6.07, 6.45) is 0. The lowest BCUT2D eigenvalue weighted by molar-refractivity contribution is 0.271. The first-order chi connectivity index (χ1) is 5.57. The molecule has 0 amide bonds. The van der Waals surface area contributed by atoms with Gasteiger partial charge in [0.05, 0.1) is 18.0 Å². The smallest absolute Gasteiger partial charge is 0.111 e. The molecule has 1 N–H and O–H groups in total. The van der Waals surface area contributed by atoms with Crippen molar-refractivity contribution in [3.63, 3.8) is 0 Å². The summed E-state index contributed by atoms with van der Waals surface area (Å²) >= 11 is 0. The Morgan fingerprint density at radius 2 is 2.08 bits per heavy atom. The van der Waals surface area contributed by atoms with E-state index in [-0.39, 0.29) is 6.61 Å². The minimum atomic E-state index is 0.0715. The third-order valence-corrected chi connectivity index (χ3v) is 2.11. The maximum absolute atomic E-state index is 9.03. The zero-order chi connectivity index (χ0) is 9.30. The van der Waals surface area contributed by atoms with E-state index in [1.165, 1.54) is 0 Å². The Balaban J connectivity index is 3.17. The number of nitrogens with zero attached hydrogens (tertiary/aromatic N) is 2. The number of aliphatic hydroxyl groups is 1. The monoisotopic (exact) mass is 168 g/mol. The third-order valence-electron chi connectivity index (χ3n) is 2.11. The van der Waals surface area contributed by atoms with Gasteiger partial charge in [0.1, 0.15) is 5.82 Å². The highest BCUT2D eigenvalue weighted by Gasteiger charge is 2.12. The van der Waals surface area contributed by atoms with E-state index in [4.69, 9.17) is 5.11 Å². The largest absolute Gasteiger partial charge is 0.390 e. The predicted molar refractivity (Wildman–Crippen MR) is 48.0 cm³/mol. The van der Waals surface area contributed by atoms with Gasteiger partial charge in [-0.3, -0.25) is 0 Å². The van der Waals surface area contributed by atoms with Crippen molar-refractivity contribution in [2.24, 2.45) is 7.05 Å². The van der Waals surface area contributed by atoms with Crippen LogP contribution in [0.5, 0.6) is 0 Å². The molecule has 1 heterocycles. The summed E-state index contributed by atoms with van der Waals surface area (Å²) in [4.78, 5) is 4.38. The lowest BCUT2D eigenvalue weighted by Gasteiger charge is -2.06. The maximum Gasteiger partial charge on any atom is 0.111 e. The first kappa shape index (κ1) is 9.26. The van der Waals surface area contributed by atoms with Gasteiger partial charge in [-0.05, 0) is 6.92 Å². The van der Waals surface area contributed by atoms with Gasteiger partial charge in [0, 0.05) is 13.0 Å². The molecule has 0 saturated carbocycles. The van der Waals surface area contributed by atoms with Gasteiger partial charge in [0.25, 0.3) is 0 Å². The minimum absolute atomic E-state index is 0.0715. The molecule has 0 saturated heterocycles. The Hall–Kier alpha value is -0.830. The highest BCUT2D eigenvalue weighted by molar-refractivity contribution is 5.16. The SMILES string of the molecule is Cc1nc(C(C)C)n(C)c1CO. The van der Waals surface area contributed by atoms with Crippen LogP contribution in [0.15, 0.2) is 0 Å². The van der Waals surface area contributed by atoms with E-state index in [9.17, 15) is 0 Å². The fourth-order valence-electron chi connectivity index (χ4n) is 1.43. The minimum Gasteiger partial charge on any atom is -0.390 e. The van der Waals surface area contributed by atoms with Gasteiger partial charge in [-0.15, -0.1) is 0 Å². The number of aliphatic hydroxyl groups excluding tert-OH is 1. The fourth-order valence-corrected chi connectivity index (χ4v) is 1.43. The van der Waals surface area contributed by atoms with Crippen LogP contribution in [0.2, 0.25) is 0 Å². The van der Waals surface area contributed by atoms with Crippen LogP contribution >= 0.6 is 0 Å². The molecule has 0 aliphatic carbocycles. The van der Waals surface area contributed by atoms with Gasteiger partial charge >= 0.3 is 0 Å². The van der Waals surface area contributed by atoms with E-state index in [0.29, 0.717) is 5.92 Å². The van der Waals surface area contributed by atoms with Gasteiger partial charge in [-0.2, -0.15) is 0 Å². The molecule has 1 rings (SSSR count). The number of rotatable bonds is 2. The molecule has 0 bridgehead atoms. The molecule has 0 aliphatic heterocycles. The van der Waals surface area contributed by atoms with Crippen LogP contribution in [0.3, 0.4) is 0 Å². The highest BCUT2D eigenvalue weighted by atomic mass is 16.3. The van der Waals surface area contributed by atoms with E-state index in [2.05, 4.69) is 18.8 Å². The number of hydrogen-bond acceptors (Lipinski definition) is 2. The van der Waals surface area contributed by atoms with Crippen molar-refractivity contribution in [1.82, 2.24) is 9.55 Å². The standard InChI is InChI=1S/C9H16N2O/c1-6(2)9-10-7(3)8(5-12)11(9)4/h6,12H,5H2,1-4H3. The van der Waals surface area contributed by atoms with E-state index < -0.39 is 0 Å². The summed E-state index contributed by atoms with van der Waals surface area (Å²) in [7, 11) is 1.95. The molecule has 0 atom stereocenters. The van der Waals surface area contributed by atoms with E-state index in [0.717, 1.165) is 17.2 Å². The van der Waals surface area contributed by atoms with Gasteiger partial charge < -0.3 is 9.67 Å². The third kappa shape index (κ3) is 1.37. The molecule has 0 unspecified atom stereocenters. The Bertz CT molecular complexity index is 276. The van der Waals surface area contributed by atoms with Gasteiger partial charge in [0.2, 0.25) is 0 Å². The topological polar surface area (TPSA) is 38.0 Å². The molecule has 3 heteroatoms. The lowest BCUT2D eigenvalue weighted by atomic mass is 10.2. The van der Waals surface area contributed by atoms with Crippen LogP contribution in [0.1, 0.15) is 37.0 Å². The van der Waals surface area contributed by atoms with Crippen molar-refractivity contribution in [1.29, 1.82) is 0 Å². The number of aryl methyl sites for hydroxylation is 1. The van der Waals surface area contributed by atoms with Crippen LogP contribution in [-0.2, 0) is 13.7 Å². The second-order valence-corrected chi connectivity index (χ2v) is 3.37. The molecule has 0 fully saturated rings. The first-order valence-electron chi connectivity index (χ1n) is 4.20. The van der Waals surface area contributed by atoms with Gasteiger partial charge in [-0.1, -0.05) is 13.8 Å². The van der Waals surface area contributed by atoms with Gasteiger partial charge in [-0.25, -0.2) is 4.98 Å². The molecule has 12 heavy (non-hydrogen) atoms. The lowest BCUT2D eigenvalue weighted by Crippen LogP contribution is -2.03. The van der Waals surface area contributed by atoms with E-state index >= 15 is 0 Å². The van der Waals surface area contributed by atoms with Crippen molar-refractivity contribution in [3.05, 3.63) is 17.2 Å². The van der Waals surface area contributed by atoms with Crippen LogP contribution in [0.4, 0.5) is 0 Å². The molecule has 1 aromatic rings. The Kier molecular flexibility index (Phi) is 2.52. The first-order valence-corrected chi connectivity index (χ1v) is 4.20. The summed E-state index contributed by atoms with van der Waals surface area (Å²) in [5.41, 5.74) is 1.85. The van der Waals surface area contributed by atoms with Crippen molar-refractivity contribution >= 4 is 0 Å². The van der Waals surface area contributed by atoms with Crippen LogP contribution in [0, 0.1) is 6.92 Å². The number of aromatic nitrogens is 2. The Labute approximate surface area is 73.1 Å². The van der Waals surface area contributed by atoms with Crippen molar-refractivity contribution in [2.45, 2.75) is 33.3 Å². The molecular formula is C9H16N2O. The molecule has 0 radical (unpaired) electrons. The molecule has 68 valence electrons. The zero-order valence-corrected chi connectivity index (χ0v) is 8.13. The molecule has 0 aliphatic rings. The molecule has 3 nitrogen and oxygen atoms in total. The van der Waals surface area contributed by atoms with Crippen molar-refractivity contribution < 1.29 is 5.11 Å². The fraction of sp³-hybridized carbons (Fsp3) is 0.667. The predicted octanol–water partition coefficient (Wildman–Crippen LogP) is 1.34. The zero-order valence-electron chi connectivity index (χ0n) is 8.13. The van der Waals surface area contributed by atoms with E-state index in [1.54, 1.807) is 0 Å². The summed E-state index contributed by atoms with van der Waals surface area (Å²) in [6.45, 7) is 6.20. The molecule has 1 aromatic heterocycles. The summed E-state index contributed by atoms with van der Waals surface area (Å²) in [6, 6.07) is 0. The second-order valence-electron chi connectivity index (χ2n) is 3.37. The van der Waals surface area contributed by atoms with Crippen molar-refractivity contribution in [2.75, 3.05) is 0 Å². The quantitative estimate of drug-likeness (QED) is 0.723. The van der Waals surface area contributed by atoms with Crippen LogP contribution in [0.25, 0.3) is 0 Å². The average Bonchev–Trinajstić information content (AvgIpc) is 2.27. The number of imidazole rings is 1. The summed E-state index contributed by atoms with van der Waals surface area (Å²) < 4.78 is 1.97. The maximum atomic E-state index is 9.03. The van der Waals surface area contributed by atoms with Crippen LogP contribution in [-0.4, -0.2) is 14.7 Å². The second kappa shape index (κ2) is 3.27. The molecule has 0 spiro atoms. The molecule has 0 aromatic carbocycles. The van der Waals surface area contributed by atoms with E-state index in [1.807, 2.05) is 18.5 Å². The summed E-state index contributed by atoms with van der Waals surface area (Å²) in [5, 5.41) is 9.03. The summed E-state index contributed by atoms with van der Waals surface area (Å²) in [5.74, 6) is 1.45. The average molecular weight is 168 g/mol. The molecular weight excluding hydrogens is 152 g/mol. The normalized spacial score (nSPS) is 11.2. The highest BCUT2D eigenvalue weighted by Crippen LogP contribution is 2.16. The van der Waals surface area contributed by atoms with Gasteiger partial charge in [0.15, 0.2) is 0 Å². The Morgan fingerprint density at radius 1 is 1.50 bits per heavy atom. The Morgan fingerprint density at radius 3 is 2.33 bits per heavy atom.